The standard InChI is InChI=1S/C18H21FN2O2/c1-13(15-5-7-16(19)8-6-15)20-12-18(22)21-11-14-3-9-17(23-2)10-4-14/h3-10,13,20H,11-12H2,1-2H3,(H,21,22)/p+1/t13-/m0/s1. The number of amides is 1. The Kier molecular flexibility index (Phi) is 6.11. The SMILES string of the molecule is COc1ccc(CNC(=O)C[NH2+][C@@H](C)c2ccc(F)cc2)cc1. The summed E-state index contributed by atoms with van der Waals surface area (Å²) in [6.45, 7) is 2.81. The average Bonchev–Trinajstić information content (AvgIpc) is 2.59. The maximum Gasteiger partial charge on any atom is 0.275 e. The van der Waals surface area contributed by atoms with Crippen LogP contribution in [0.15, 0.2) is 48.5 Å². The minimum Gasteiger partial charge on any atom is -0.497 e. The van der Waals surface area contributed by atoms with Gasteiger partial charge in [0.2, 0.25) is 0 Å². The summed E-state index contributed by atoms with van der Waals surface area (Å²) in [6.07, 6.45) is 0. The smallest absolute Gasteiger partial charge is 0.275 e. The first kappa shape index (κ1) is 17.0. The molecule has 0 saturated heterocycles. The number of nitrogens with two attached hydrogens (primary N) is 1. The van der Waals surface area contributed by atoms with Crippen LogP contribution in [-0.4, -0.2) is 19.6 Å². The van der Waals surface area contributed by atoms with Gasteiger partial charge in [0.25, 0.3) is 5.91 Å². The molecule has 23 heavy (non-hydrogen) atoms. The second-order valence-electron chi connectivity index (χ2n) is 5.40. The predicted molar refractivity (Wildman–Crippen MR) is 86.4 cm³/mol. The molecule has 0 aromatic heterocycles. The molecular weight excluding hydrogens is 295 g/mol. The number of quaternary nitrogens is 1. The fraction of sp³-hybridized carbons (Fsp3) is 0.278. The van der Waals surface area contributed by atoms with Gasteiger partial charge in [-0.2, -0.15) is 0 Å². The van der Waals surface area contributed by atoms with Gasteiger partial charge in [0.05, 0.1) is 7.11 Å². The van der Waals surface area contributed by atoms with E-state index in [1.54, 1.807) is 19.2 Å². The summed E-state index contributed by atoms with van der Waals surface area (Å²) < 4.78 is 18.0. The largest absolute Gasteiger partial charge is 0.497 e. The quantitative estimate of drug-likeness (QED) is 0.818. The minimum atomic E-state index is -0.252. The Balaban J connectivity index is 1.74. The molecule has 0 bridgehead atoms. The van der Waals surface area contributed by atoms with E-state index in [2.05, 4.69) is 5.32 Å². The zero-order valence-electron chi connectivity index (χ0n) is 13.4. The van der Waals surface area contributed by atoms with E-state index in [1.807, 2.05) is 36.5 Å². The molecule has 0 heterocycles. The van der Waals surface area contributed by atoms with Crippen molar-refractivity contribution in [3.8, 4) is 5.75 Å². The van der Waals surface area contributed by atoms with Crippen molar-refractivity contribution in [1.29, 1.82) is 0 Å². The summed E-state index contributed by atoms with van der Waals surface area (Å²) in [5, 5.41) is 4.81. The summed E-state index contributed by atoms with van der Waals surface area (Å²) in [6, 6.07) is 14.0. The molecule has 0 radical (unpaired) electrons. The van der Waals surface area contributed by atoms with Gasteiger partial charge in [-0.1, -0.05) is 24.3 Å². The Hall–Kier alpha value is -2.40. The van der Waals surface area contributed by atoms with Crippen molar-refractivity contribution >= 4 is 5.91 Å². The van der Waals surface area contributed by atoms with Crippen LogP contribution in [0, 0.1) is 5.82 Å². The lowest BCUT2D eigenvalue weighted by Gasteiger charge is -2.11. The molecule has 1 atom stereocenters. The Morgan fingerprint density at radius 3 is 2.43 bits per heavy atom. The van der Waals surface area contributed by atoms with Gasteiger partial charge in [0.15, 0.2) is 6.54 Å². The Morgan fingerprint density at radius 2 is 1.83 bits per heavy atom. The Morgan fingerprint density at radius 1 is 1.17 bits per heavy atom. The van der Waals surface area contributed by atoms with E-state index in [0.717, 1.165) is 16.9 Å². The molecule has 2 aromatic rings. The molecule has 0 fully saturated rings. The second-order valence-corrected chi connectivity index (χ2v) is 5.40. The van der Waals surface area contributed by atoms with E-state index >= 15 is 0 Å². The normalized spacial score (nSPS) is 11.8. The Labute approximate surface area is 135 Å². The van der Waals surface area contributed by atoms with Crippen LogP contribution in [0.2, 0.25) is 0 Å². The van der Waals surface area contributed by atoms with Crippen LogP contribution in [0.25, 0.3) is 0 Å². The number of nitrogens with one attached hydrogen (secondary N) is 1. The van der Waals surface area contributed by atoms with Crippen molar-refractivity contribution in [2.75, 3.05) is 13.7 Å². The highest BCUT2D eigenvalue weighted by atomic mass is 19.1. The maximum atomic E-state index is 12.9. The first-order chi connectivity index (χ1) is 11.1. The van der Waals surface area contributed by atoms with E-state index in [4.69, 9.17) is 4.74 Å². The van der Waals surface area contributed by atoms with Gasteiger partial charge in [-0.3, -0.25) is 4.79 Å². The van der Waals surface area contributed by atoms with E-state index in [-0.39, 0.29) is 17.8 Å². The fourth-order valence-electron chi connectivity index (χ4n) is 2.20. The zero-order chi connectivity index (χ0) is 16.7. The number of ether oxygens (including phenoxy) is 1. The molecular formula is C18H22FN2O2+. The third-order valence-corrected chi connectivity index (χ3v) is 3.70. The van der Waals surface area contributed by atoms with E-state index in [0.29, 0.717) is 13.1 Å². The topological polar surface area (TPSA) is 54.9 Å². The van der Waals surface area contributed by atoms with Crippen molar-refractivity contribution in [2.45, 2.75) is 19.5 Å². The summed E-state index contributed by atoms with van der Waals surface area (Å²) in [7, 11) is 1.62. The van der Waals surface area contributed by atoms with Crippen molar-refractivity contribution in [3.05, 3.63) is 65.5 Å². The average molecular weight is 317 g/mol. The molecule has 0 unspecified atom stereocenters. The van der Waals surface area contributed by atoms with Gasteiger partial charge in [-0.25, -0.2) is 4.39 Å². The Bertz CT molecular complexity index is 626. The number of rotatable bonds is 7. The first-order valence-electron chi connectivity index (χ1n) is 7.57. The van der Waals surface area contributed by atoms with Gasteiger partial charge >= 0.3 is 0 Å². The molecule has 2 aromatic carbocycles. The number of methoxy groups -OCH3 is 1. The molecule has 0 aliphatic rings. The van der Waals surface area contributed by atoms with E-state index in [9.17, 15) is 9.18 Å². The summed E-state index contributed by atoms with van der Waals surface area (Å²) in [5.41, 5.74) is 2.01. The van der Waals surface area contributed by atoms with E-state index < -0.39 is 0 Å². The van der Waals surface area contributed by atoms with Gasteiger partial charge in [-0.15, -0.1) is 0 Å². The van der Waals surface area contributed by atoms with Crippen LogP contribution >= 0.6 is 0 Å². The van der Waals surface area contributed by atoms with Crippen molar-refractivity contribution in [3.63, 3.8) is 0 Å². The van der Waals surface area contributed by atoms with Crippen LogP contribution in [0.3, 0.4) is 0 Å². The lowest BCUT2D eigenvalue weighted by Crippen LogP contribution is -2.87. The predicted octanol–water partition coefficient (Wildman–Crippen LogP) is 1.78. The molecule has 1 amide bonds. The lowest BCUT2D eigenvalue weighted by atomic mass is 10.1. The van der Waals surface area contributed by atoms with E-state index in [1.165, 1.54) is 12.1 Å². The number of halogens is 1. The second kappa shape index (κ2) is 8.29. The lowest BCUT2D eigenvalue weighted by molar-refractivity contribution is -0.682. The maximum absolute atomic E-state index is 12.9. The third kappa shape index (κ3) is 5.38. The molecule has 0 aliphatic carbocycles. The molecule has 5 heteroatoms. The van der Waals surface area contributed by atoms with Gasteiger partial charge in [-0.05, 0) is 36.8 Å². The van der Waals surface area contributed by atoms with Gasteiger partial charge in [0, 0.05) is 12.1 Å². The van der Waals surface area contributed by atoms with Crippen LogP contribution in [0.1, 0.15) is 24.1 Å². The molecule has 4 nitrogen and oxygen atoms in total. The number of hydrogen-bond acceptors (Lipinski definition) is 2. The fourth-order valence-corrected chi connectivity index (χ4v) is 2.20. The first-order valence-corrected chi connectivity index (χ1v) is 7.57. The number of carbonyl (C=O) groups is 1. The highest BCUT2D eigenvalue weighted by Crippen LogP contribution is 2.11. The van der Waals surface area contributed by atoms with Crippen molar-refractivity contribution < 1.29 is 19.2 Å². The van der Waals surface area contributed by atoms with Crippen LogP contribution in [-0.2, 0) is 11.3 Å². The molecule has 3 N–H and O–H groups in total. The number of benzene rings is 2. The van der Waals surface area contributed by atoms with Gasteiger partial charge in [0.1, 0.15) is 17.6 Å². The number of hydrogen-bond donors (Lipinski definition) is 2. The van der Waals surface area contributed by atoms with Crippen molar-refractivity contribution in [2.24, 2.45) is 0 Å². The highest BCUT2D eigenvalue weighted by molar-refractivity contribution is 5.76. The molecule has 0 aliphatic heterocycles. The third-order valence-electron chi connectivity index (χ3n) is 3.70. The summed E-state index contributed by atoms with van der Waals surface area (Å²) >= 11 is 0. The molecule has 0 saturated carbocycles. The van der Waals surface area contributed by atoms with Crippen LogP contribution in [0.4, 0.5) is 4.39 Å². The molecule has 2 rings (SSSR count). The van der Waals surface area contributed by atoms with Crippen LogP contribution in [0.5, 0.6) is 5.75 Å². The number of carbonyl (C=O) groups excluding carboxylic acids is 1. The zero-order valence-corrected chi connectivity index (χ0v) is 13.4. The minimum absolute atomic E-state index is 0.0326. The van der Waals surface area contributed by atoms with Gasteiger partial charge < -0.3 is 15.4 Å². The monoisotopic (exact) mass is 317 g/mol. The molecule has 0 spiro atoms. The summed E-state index contributed by atoms with van der Waals surface area (Å²) in [4.78, 5) is 11.9. The highest BCUT2D eigenvalue weighted by Gasteiger charge is 2.11. The van der Waals surface area contributed by atoms with Crippen molar-refractivity contribution in [1.82, 2.24) is 5.32 Å². The molecule has 122 valence electrons. The van der Waals surface area contributed by atoms with Crippen LogP contribution < -0.4 is 15.4 Å². The summed E-state index contributed by atoms with van der Waals surface area (Å²) in [5.74, 6) is 0.509.